The molecule has 0 N–H and O–H groups in total. The number of hydrogen-bond acceptors (Lipinski definition) is 3. The Labute approximate surface area is 172 Å². The highest BCUT2D eigenvalue weighted by Gasteiger charge is 2.10. The predicted molar refractivity (Wildman–Crippen MR) is 120 cm³/mol. The average Bonchev–Trinajstić information content (AvgIpc) is 2.67. The first kappa shape index (κ1) is 19.5. The summed E-state index contributed by atoms with van der Waals surface area (Å²) in [6, 6.07) is 16.4. The van der Waals surface area contributed by atoms with Crippen molar-refractivity contribution in [2.45, 2.75) is 37.7 Å². The lowest BCUT2D eigenvalue weighted by atomic mass is 10.1. The number of fused-ring (bicyclic) bond motifs is 1. The summed E-state index contributed by atoms with van der Waals surface area (Å²) >= 11 is 4.06. The summed E-state index contributed by atoms with van der Waals surface area (Å²) < 4.78 is 7.18. The molecule has 1 heterocycles. The number of rotatable bonds is 8. The van der Waals surface area contributed by atoms with Crippen LogP contribution in [-0.2, 0) is 12.8 Å². The van der Waals surface area contributed by atoms with Crippen LogP contribution in [0.25, 0.3) is 11.0 Å². The minimum atomic E-state index is 0.0743. The molecule has 0 aliphatic heterocycles. The van der Waals surface area contributed by atoms with Crippen LogP contribution < -0.4 is 5.43 Å². The van der Waals surface area contributed by atoms with Crippen LogP contribution in [0.4, 0.5) is 0 Å². The van der Waals surface area contributed by atoms with Crippen molar-refractivity contribution in [1.29, 1.82) is 0 Å². The maximum atomic E-state index is 12.5. The fourth-order valence-corrected chi connectivity index (χ4v) is 4.43. The van der Waals surface area contributed by atoms with Crippen LogP contribution in [0.1, 0.15) is 29.5 Å². The summed E-state index contributed by atoms with van der Waals surface area (Å²) in [6.07, 6.45) is 4.68. The van der Waals surface area contributed by atoms with Crippen molar-refractivity contribution in [2.24, 2.45) is 0 Å². The van der Waals surface area contributed by atoms with E-state index in [0.717, 1.165) is 17.3 Å². The van der Waals surface area contributed by atoms with Crippen molar-refractivity contribution in [3.8, 4) is 0 Å². The number of benzene rings is 2. The maximum Gasteiger partial charge on any atom is 0.196 e. The van der Waals surface area contributed by atoms with Crippen molar-refractivity contribution in [2.75, 3.05) is 10.2 Å². The van der Waals surface area contributed by atoms with Crippen LogP contribution in [-0.4, -0.2) is 10.2 Å². The number of para-hydroxylation sites is 1. The molecule has 136 valence electrons. The Morgan fingerprint density at radius 3 is 2.38 bits per heavy atom. The number of hydrogen-bond donors (Lipinski definition) is 0. The van der Waals surface area contributed by atoms with Gasteiger partial charge in [0.25, 0.3) is 0 Å². The van der Waals surface area contributed by atoms with E-state index in [4.69, 9.17) is 4.42 Å². The molecule has 0 spiro atoms. The molecule has 0 aliphatic rings. The van der Waals surface area contributed by atoms with E-state index in [2.05, 4.69) is 46.9 Å². The third kappa shape index (κ3) is 4.92. The topological polar surface area (TPSA) is 30.2 Å². The summed E-state index contributed by atoms with van der Waals surface area (Å²) in [5.74, 6) is 0.899. The van der Waals surface area contributed by atoms with Gasteiger partial charge in [-0.05, 0) is 60.3 Å². The van der Waals surface area contributed by atoms with Crippen LogP contribution in [0.2, 0.25) is 0 Å². The van der Waals surface area contributed by atoms with E-state index in [-0.39, 0.29) is 5.43 Å². The lowest BCUT2D eigenvalue weighted by Gasteiger charge is -2.07. The monoisotopic (exact) mass is 478 g/mol. The lowest BCUT2D eigenvalue weighted by molar-refractivity contribution is 0.492. The molecule has 0 fully saturated rings. The van der Waals surface area contributed by atoms with Crippen LogP contribution in [0.3, 0.4) is 0 Å². The SMILES string of the molecule is Cc1c(SCCc2ccc(CCCCI)cc2)oc2ccccc2c1=O. The first-order valence-electron chi connectivity index (χ1n) is 8.98. The summed E-state index contributed by atoms with van der Waals surface area (Å²) in [6.45, 7) is 1.85. The average molecular weight is 478 g/mol. The Balaban J connectivity index is 1.60. The van der Waals surface area contributed by atoms with Crippen LogP contribution in [0.5, 0.6) is 0 Å². The van der Waals surface area contributed by atoms with E-state index < -0.39 is 0 Å². The second kappa shape index (κ2) is 9.60. The van der Waals surface area contributed by atoms with E-state index in [9.17, 15) is 4.79 Å². The standard InChI is InChI=1S/C22H23IO2S/c1-16-21(24)19-7-2-3-8-20(19)25-22(16)26-15-13-18-11-9-17(10-12-18)6-4-5-14-23/h2-3,7-12H,4-6,13-15H2,1H3. The zero-order chi connectivity index (χ0) is 18.4. The molecular formula is C22H23IO2S. The van der Waals surface area contributed by atoms with E-state index in [1.165, 1.54) is 34.8 Å². The van der Waals surface area contributed by atoms with Gasteiger partial charge in [0, 0.05) is 11.3 Å². The third-order valence-electron chi connectivity index (χ3n) is 4.48. The molecule has 2 nitrogen and oxygen atoms in total. The number of alkyl halides is 1. The molecule has 0 radical (unpaired) electrons. The van der Waals surface area contributed by atoms with Gasteiger partial charge in [0.2, 0.25) is 0 Å². The van der Waals surface area contributed by atoms with Crippen molar-refractivity contribution in [3.63, 3.8) is 0 Å². The molecule has 3 rings (SSSR count). The summed E-state index contributed by atoms with van der Waals surface area (Å²) in [7, 11) is 0. The van der Waals surface area contributed by atoms with Gasteiger partial charge in [-0.25, -0.2) is 0 Å². The van der Waals surface area contributed by atoms with E-state index >= 15 is 0 Å². The summed E-state index contributed by atoms with van der Waals surface area (Å²) in [5.41, 5.74) is 4.20. The zero-order valence-electron chi connectivity index (χ0n) is 15.0. The summed E-state index contributed by atoms with van der Waals surface area (Å²) in [5, 5.41) is 1.40. The number of halogens is 1. The molecule has 4 heteroatoms. The Hall–Kier alpha value is -1.27. The molecule has 0 bridgehead atoms. The van der Waals surface area contributed by atoms with Gasteiger partial charge in [0.1, 0.15) is 5.58 Å². The van der Waals surface area contributed by atoms with Crippen LogP contribution >= 0.6 is 34.4 Å². The second-order valence-electron chi connectivity index (χ2n) is 6.40. The van der Waals surface area contributed by atoms with Gasteiger partial charge in [-0.15, -0.1) is 0 Å². The first-order chi connectivity index (χ1) is 12.7. The third-order valence-corrected chi connectivity index (χ3v) is 6.30. The molecule has 0 aliphatic carbocycles. The Kier molecular flexibility index (Phi) is 7.20. The minimum Gasteiger partial charge on any atom is -0.449 e. The highest BCUT2D eigenvalue weighted by atomic mass is 127. The van der Waals surface area contributed by atoms with Crippen molar-refractivity contribution < 1.29 is 4.42 Å². The second-order valence-corrected chi connectivity index (χ2v) is 8.55. The molecule has 0 saturated heterocycles. The number of thioether (sulfide) groups is 1. The largest absolute Gasteiger partial charge is 0.449 e. The number of unbranched alkanes of at least 4 members (excludes halogenated alkanes) is 1. The number of aryl methyl sites for hydroxylation is 2. The Morgan fingerprint density at radius 1 is 0.962 bits per heavy atom. The fourth-order valence-electron chi connectivity index (χ4n) is 2.91. The molecule has 0 unspecified atom stereocenters. The quantitative estimate of drug-likeness (QED) is 0.167. The zero-order valence-corrected chi connectivity index (χ0v) is 17.9. The van der Waals surface area contributed by atoms with E-state index in [1.807, 2.05) is 31.2 Å². The van der Waals surface area contributed by atoms with Gasteiger partial charge in [-0.3, -0.25) is 4.79 Å². The first-order valence-corrected chi connectivity index (χ1v) is 11.5. The molecule has 1 aromatic heterocycles. The van der Waals surface area contributed by atoms with Gasteiger partial charge >= 0.3 is 0 Å². The molecule has 3 aromatic rings. The minimum absolute atomic E-state index is 0.0743. The van der Waals surface area contributed by atoms with Gasteiger partial charge in [0.15, 0.2) is 10.5 Å². The van der Waals surface area contributed by atoms with Gasteiger partial charge in [-0.1, -0.05) is 70.8 Å². The molecule has 26 heavy (non-hydrogen) atoms. The molecule has 0 atom stereocenters. The van der Waals surface area contributed by atoms with Gasteiger partial charge in [-0.2, -0.15) is 0 Å². The van der Waals surface area contributed by atoms with Crippen molar-refractivity contribution >= 4 is 45.3 Å². The Bertz CT molecular complexity index is 916. The lowest BCUT2D eigenvalue weighted by Crippen LogP contribution is -2.06. The normalized spacial score (nSPS) is 11.2. The highest BCUT2D eigenvalue weighted by Crippen LogP contribution is 2.25. The smallest absolute Gasteiger partial charge is 0.196 e. The molecule has 0 amide bonds. The highest BCUT2D eigenvalue weighted by molar-refractivity contribution is 14.1. The molecular weight excluding hydrogens is 455 g/mol. The maximum absolute atomic E-state index is 12.5. The Morgan fingerprint density at radius 2 is 1.65 bits per heavy atom. The van der Waals surface area contributed by atoms with Gasteiger partial charge < -0.3 is 4.42 Å². The summed E-state index contributed by atoms with van der Waals surface area (Å²) in [4.78, 5) is 12.5. The molecule has 0 saturated carbocycles. The molecule has 2 aromatic carbocycles. The van der Waals surface area contributed by atoms with E-state index in [0.29, 0.717) is 16.5 Å². The van der Waals surface area contributed by atoms with Crippen molar-refractivity contribution in [3.05, 3.63) is 75.4 Å². The fraction of sp³-hybridized carbons (Fsp3) is 0.318. The van der Waals surface area contributed by atoms with Gasteiger partial charge in [0.05, 0.1) is 5.39 Å². The van der Waals surface area contributed by atoms with Crippen LogP contribution in [0, 0.1) is 6.92 Å². The van der Waals surface area contributed by atoms with Crippen molar-refractivity contribution in [1.82, 2.24) is 0 Å². The van der Waals surface area contributed by atoms with E-state index in [1.54, 1.807) is 11.8 Å². The van der Waals surface area contributed by atoms with Crippen LogP contribution in [0.15, 0.2) is 62.8 Å². The predicted octanol–water partition coefficient (Wildman–Crippen LogP) is 6.19.